The highest BCUT2D eigenvalue weighted by Crippen LogP contribution is 2.29. The summed E-state index contributed by atoms with van der Waals surface area (Å²) in [6, 6.07) is 2.45. The standard InChI is InChI=1S/C19H21NO6/c1-10-12-5-7-15(21)11(2)17(12)26-19(25)13(10)6-8-16(22)20-9-3-4-14(20)18(23)24/h5,7,14,21H,3-4,6,8-9H2,1-2H3,(H,23,24)/t14-/m1/s1. The number of phenols is 1. The highest BCUT2D eigenvalue weighted by molar-refractivity contribution is 5.86. The third-order valence-electron chi connectivity index (χ3n) is 5.12. The zero-order valence-electron chi connectivity index (χ0n) is 14.7. The summed E-state index contributed by atoms with van der Waals surface area (Å²) in [7, 11) is 0. The normalized spacial score (nSPS) is 17.0. The molecule has 0 spiro atoms. The van der Waals surface area contributed by atoms with Crippen molar-refractivity contribution < 1.29 is 24.2 Å². The highest BCUT2D eigenvalue weighted by Gasteiger charge is 2.33. The number of carboxylic acid groups (broad SMARTS) is 1. The molecular formula is C19H21NO6. The van der Waals surface area contributed by atoms with Gasteiger partial charge in [0.1, 0.15) is 17.4 Å². The van der Waals surface area contributed by atoms with Crippen LogP contribution in [0.3, 0.4) is 0 Å². The summed E-state index contributed by atoms with van der Waals surface area (Å²) in [5, 5.41) is 19.7. The van der Waals surface area contributed by atoms with Gasteiger partial charge in [-0.1, -0.05) is 0 Å². The molecule has 1 aliphatic heterocycles. The van der Waals surface area contributed by atoms with Crippen LogP contribution in [0, 0.1) is 13.8 Å². The second-order valence-electron chi connectivity index (χ2n) is 6.66. The van der Waals surface area contributed by atoms with Crippen molar-refractivity contribution >= 4 is 22.8 Å². The van der Waals surface area contributed by atoms with Gasteiger partial charge in [-0.25, -0.2) is 9.59 Å². The smallest absolute Gasteiger partial charge is 0.339 e. The van der Waals surface area contributed by atoms with E-state index in [9.17, 15) is 24.6 Å². The van der Waals surface area contributed by atoms with Crippen molar-refractivity contribution in [2.24, 2.45) is 0 Å². The first-order chi connectivity index (χ1) is 12.3. The number of aliphatic carboxylic acids is 1. The van der Waals surface area contributed by atoms with Crippen LogP contribution in [-0.4, -0.2) is 39.6 Å². The number of hydrogen-bond donors (Lipinski definition) is 2. The first-order valence-electron chi connectivity index (χ1n) is 8.58. The monoisotopic (exact) mass is 359 g/mol. The molecule has 2 N–H and O–H groups in total. The topological polar surface area (TPSA) is 108 Å². The minimum absolute atomic E-state index is 0.0525. The summed E-state index contributed by atoms with van der Waals surface area (Å²) in [5.41, 5.74) is 1.41. The van der Waals surface area contributed by atoms with Gasteiger partial charge >= 0.3 is 11.6 Å². The average Bonchev–Trinajstić information content (AvgIpc) is 3.08. The summed E-state index contributed by atoms with van der Waals surface area (Å²) in [5.74, 6) is -1.21. The third kappa shape index (κ3) is 3.05. The molecule has 0 saturated carbocycles. The predicted molar refractivity (Wildman–Crippen MR) is 94.3 cm³/mol. The van der Waals surface area contributed by atoms with Crippen LogP contribution in [-0.2, 0) is 16.0 Å². The molecule has 1 aromatic carbocycles. The second-order valence-corrected chi connectivity index (χ2v) is 6.66. The molecule has 3 rings (SSSR count). The predicted octanol–water partition coefficient (Wildman–Crippen LogP) is 2.12. The van der Waals surface area contributed by atoms with E-state index in [1.165, 1.54) is 4.90 Å². The van der Waals surface area contributed by atoms with E-state index in [2.05, 4.69) is 0 Å². The number of aryl methyl sites for hydroxylation is 2. The van der Waals surface area contributed by atoms with Crippen molar-refractivity contribution in [1.29, 1.82) is 0 Å². The summed E-state index contributed by atoms with van der Waals surface area (Å²) < 4.78 is 5.37. The van der Waals surface area contributed by atoms with E-state index in [1.54, 1.807) is 26.0 Å². The zero-order valence-corrected chi connectivity index (χ0v) is 14.7. The van der Waals surface area contributed by atoms with Gasteiger partial charge in [-0.3, -0.25) is 4.79 Å². The molecule has 2 heterocycles. The molecule has 138 valence electrons. The summed E-state index contributed by atoms with van der Waals surface area (Å²) in [4.78, 5) is 37.4. The van der Waals surface area contributed by atoms with Crippen molar-refractivity contribution in [2.75, 3.05) is 6.54 Å². The van der Waals surface area contributed by atoms with Crippen molar-refractivity contribution in [2.45, 2.75) is 45.6 Å². The van der Waals surface area contributed by atoms with E-state index >= 15 is 0 Å². The third-order valence-corrected chi connectivity index (χ3v) is 5.12. The van der Waals surface area contributed by atoms with Crippen molar-refractivity contribution in [1.82, 2.24) is 4.90 Å². The fourth-order valence-corrected chi connectivity index (χ4v) is 3.57. The van der Waals surface area contributed by atoms with E-state index in [0.29, 0.717) is 47.0 Å². The fraction of sp³-hybridized carbons (Fsp3) is 0.421. The van der Waals surface area contributed by atoms with Gasteiger partial charge in [-0.2, -0.15) is 0 Å². The molecule has 0 radical (unpaired) electrons. The summed E-state index contributed by atoms with van der Waals surface area (Å²) in [6.45, 7) is 3.88. The number of carboxylic acids is 1. The first-order valence-corrected chi connectivity index (χ1v) is 8.58. The lowest BCUT2D eigenvalue weighted by atomic mass is 10.00. The number of rotatable bonds is 4. The van der Waals surface area contributed by atoms with Crippen LogP contribution in [0.5, 0.6) is 5.75 Å². The fourth-order valence-electron chi connectivity index (χ4n) is 3.57. The number of carbonyl (C=O) groups excluding carboxylic acids is 1. The molecule has 7 nitrogen and oxygen atoms in total. The molecule has 1 amide bonds. The number of hydrogen-bond acceptors (Lipinski definition) is 5. The zero-order chi connectivity index (χ0) is 19.0. The van der Waals surface area contributed by atoms with Gasteiger partial charge in [-0.05, 0) is 50.8 Å². The Morgan fingerprint density at radius 2 is 2.00 bits per heavy atom. The van der Waals surface area contributed by atoms with Gasteiger partial charge < -0.3 is 19.5 Å². The molecular weight excluding hydrogens is 338 g/mol. The van der Waals surface area contributed by atoms with Gasteiger partial charge in [0.2, 0.25) is 5.91 Å². The second kappa shape index (κ2) is 6.82. The van der Waals surface area contributed by atoms with Gasteiger partial charge in [0.25, 0.3) is 0 Å². The maximum atomic E-state index is 12.4. The Balaban J connectivity index is 1.85. The summed E-state index contributed by atoms with van der Waals surface area (Å²) in [6.07, 6.45) is 1.37. The molecule has 1 aliphatic rings. The Bertz CT molecular complexity index is 945. The number of fused-ring (bicyclic) bond motifs is 1. The van der Waals surface area contributed by atoms with Crippen molar-refractivity contribution in [3.63, 3.8) is 0 Å². The van der Waals surface area contributed by atoms with E-state index in [4.69, 9.17) is 4.42 Å². The molecule has 1 aromatic heterocycles. The van der Waals surface area contributed by atoms with Gasteiger partial charge in [0.05, 0.1) is 0 Å². The van der Waals surface area contributed by atoms with Crippen LogP contribution in [0.15, 0.2) is 21.3 Å². The minimum Gasteiger partial charge on any atom is -0.508 e. The number of nitrogens with zero attached hydrogens (tertiary/aromatic N) is 1. The van der Waals surface area contributed by atoms with Gasteiger partial charge in [-0.15, -0.1) is 0 Å². The SMILES string of the molecule is Cc1c(CCC(=O)N2CCC[C@@H]2C(=O)O)c(=O)oc2c(C)c(O)ccc12. The molecule has 7 heteroatoms. The van der Waals surface area contributed by atoms with Crippen LogP contribution in [0.2, 0.25) is 0 Å². The molecule has 1 atom stereocenters. The molecule has 1 fully saturated rings. The molecule has 2 aromatic rings. The first kappa shape index (κ1) is 18.0. The van der Waals surface area contributed by atoms with E-state index in [1.807, 2.05) is 0 Å². The van der Waals surface area contributed by atoms with Gasteiger partial charge in [0.15, 0.2) is 0 Å². The van der Waals surface area contributed by atoms with Crippen molar-refractivity contribution in [3.8, 4) is 5.75 Å². The largest absolute Gasteiger partial charge is 0.508 e. The van der Waals surface area contributed by atoms with E-state index < -0.39 is 17.6 Å². The lowest BCUT2D eigenvalue weighted by Gasteiger charge is -2.21. The highest BCUT2D eigenvalue weighted by atomic mass is 16.4. The van der Waals surface area contributed by atoms with Crippen LogP contribution in [0.1, 0.15) is 36.0 Å². The van der Waals surface area contributed by atoms with Crippen LogP contribution in [0.25, 0.3) is 11.0 Å². The number of likely N-dealkylation sites (tertiary alicyclic amines) is 1. The maximum Gasteiger partial charge on any atom is 0.339 e. The molecule has 0 unspecified atom stereocenters. The summed E-state index contributed by atoms with van der Waals surface area (Å²) >= 11 is 0. The number of amides is 1. The quantitative estimate of drug-likeness (QED) is 0.810. The van der Waals surface area contributed by atoms with Crippen LogP contribution >= 0.6 is 0 Å². The van der Waals surface area contributed by atoms with Crippen molar-refractivity contribution in [3.05, 3.63) is 39.2 Å². The molecule has 0 bridgehead atoms. The Hall–Kier alpha value is -2.83. The maximum absolute atomic E-state index is 12.4. The number of carbonyl (C=O) groups is 2. The number of aromatic hydroxyl groups is 1. The Kier molecular flexibility index (Phi) is 4.71. The Labute approximate surface area is 149 Å². The Morgan fingerprint density at radius 1 is 1.27 bits per heavy atom. The van der Waals surface area contributed by atoms with E-state index in [-0.39, 0.29) is 24.5 Å². The van der Waals surface area contributed by atoms with Gasteiger partial charge in [0, 0.05) is 29.5 Å². The molecule has 1 saturated heterocycles. The van der Waals surface area contributed by atoms with Crippen LogP contribution < -0.4 is 5.63 Å². The number of phenolic OH excluding ortho intramolecular Hbond substituents is 1. The van der Waals surface area contributed by atoms with E-state index in [0.717, 1.165) is 0 Å². The average molecular weight is 359 g/mol. The lowest BCUT2D eigenvalue weighted by molar-refractivity contribution is -0.148. The molecule has 26 heavy (non-hydrogen) atoms. The number of benzene rings is 1. The molecule has 0 aliphatic carbocycles. The Morgan fingerprint density at radius 3 is 2.69 bits per heavy atom. The lowest BCUT2D eigenvalue weighted by Crippen LogP contribution is -2.40. The minimum atomic E-state index is -0.993. The van der Waals surface area contributed by atoms with Crippen LogP contribution in [0.4, 0.5) is 0 Å².